The van der Waals surface area contributed by atoms with Crippen molar-refractivity contribution in [3.63, 3.8) is 0 Å². The summed E-state index contributed by atoms with van der Waals surface area (Å²) in [7, 11) is 1.62. The van der Waals surface area contributed by atoms with Gasteiger partial charge in [0.25, 0.3) is 0 Å². The molecule has 5 heteroatoms. The van der Waals surface area contributed by atoms with E-state index >= 15 is 0 Å². The van der Waals surface area contributed by atoms with Crippen LogP contribution in [0.5, 0.6) is 0 Å². The summed E-state index contributed by atoms with van der Waals surface area (Å²) >= 11 is 0. The molecular weight excluding hydrogens is 273 g/mol. The summed E-state index contributed by atoms with van der Waals surface area (Å²) < 4.78 is 20.2. The maximum absolute atomic E-state index is 13.0. The van der Waals surface area contributed by atoms with Crippen LogP contribution in [0.3, 0.4) is 0 Å². The summed E-state index contributed by atoms with van der Waals surface area (Å²) in [6, 6.07) is 10.1. The predicted octanol–water partition coefficient (Wildman–Crippen LogP) is 2.96. The molecule has 0 fully saturated rings. The van der Waals surface area contributed by atoms with Crippen LogP contribution < -0.4 is 0 Å². The van der Waals surface area contributed by atoms with Gasteiger partial charge in [-0.1, -0.05) is 0 Å². The molecule has 0 unspecified atom stereocenters. The van der Waals surface area contributed by atoms with E-state index in [1.54, 1.807) is 19.2 Å². The number of aromatic nitrogens is 1. The fourth-order valence-corrected chi connectivity index (χ4v) is 2.28. The van der Waals surface area contributed by atoms with Crippen LogP contribution in [0.4, 0.5) is 4.39 Å². The third-order valence-electron chi connectivity index (χ3n) is 3.33. The van der Waals surface area contributed by atoms with Gasteiger partial charge in [-0.2, -0.15) is 0 Å². The average Bonchev–Trinajstić information content (AvgIpc) is 2.86. The second-order valence-corrected chi connectivity index (χ2v) is 4.75. The number of carboxylic acids is 1. The van der Waals surface area contributed by atoms with Gasteiger partial charge < -0.3 is 14.4 Å². The SMILES string of the molecule is COCCn1c(CCC(=O)O)ccc1-c1ccc(F)cc1. The lowest BCUT2D eigenvalue weighted by Gasteiger charge is -2.13. The first-order valence-corrected chi connectivity index (χ1v) is 6.77. The van der Waals surface area contributed by atoms with Crippen molar-refractivity contribution in [3.8, 4) is 11.3 Å². The van der Waals surface area contributed by atoms with Crippen molar-refractivity contribution in [1.29, 1.82) is 0 Å². The molecule has 0 amide bonds. The Bertz CT molecular complexity index is 604. The van der Waals surface area contributed by atoms with E-state index in [9.17, 15) is 9.18 Å². The molecule has 1 N–H and O–H groups in total. The number of carboxylic acid groups (broad SMARTS) is 1. The van der Waals surface area contributed by atoms with Crippen molar-refractivity contribution >= 4 is 5.97 Å². The molecule has 21 heavy (non-hydrogen) atoms. The molecule has 0 aliphatic rings. The van der Waals surface area contributed by atoms with Gasteiger partial charge in [0.05, 0.1) is 13.0 Å². The molecule has 0 aliphatic heterocycles. The molecule has 0 saturated heterocycles. The van der Waals surface area contributed by atoms with Gasteiger partial charge in [0.2, 0.25) is 0 Å². The van der Waals surface area contributed by atoms with E-state index in [4.69, 9.17) is 9.84 Å². The zero-order chi connectivity index (χ0) is 15.2. The molecule has 2 rings (SSSR count). The lowest BCUT2D eigenvalue weighted by atomic mass is 10.1. The molecule has 0 atom stereocenters. The van der Waals surface area contributed by atoms with E-state index < -0.39 is 5.97 Å². The van der Waals surface area contributed by atoms with E-state index in [1.807, 2.05) is 16.7 Å². The first kappa shape index (κ1) is 15.3. The molecule has 0 spiro atoms. The van der Waals surface area contributed by atoms with Crippen molar-refractivity contribution in [2.24, 2.45) is 0 Å². The van der Waals surface area contributed by atoms with Crippen LogP contribution in [0.2, 0.25) is 0 Å². The minimum Gasteiger partial charge on any atom is -0.481 e. The lowest BCUT2D eigenvalue weighted by molar-refractivity contribution is -0.136. The van der Waals surface area contributed by atoms with Crippen LogP contribution in [-0.4, -0.2) is 29.4 Å². The maximum Gasteiger partial charge on any atom is 0.303 e. The standard InChI is InChI=1S/C16H18FNO3/c1-21-11-10-18-14(7-9-16(19)20)6-8-15(18)12-2-4-13(17)5-3-12/h2-6,8H,7,9-11H2,1H3,(H,19,20). The van der Waals surface area contributed by atoms with Gasteiger partial charge in [0, 0.05) is 25.0 Å². The number of hydrogen-bond acceptors (Lipinski definition) is 2. The van der Waals surface area contributed by atoms with Gasteiger partial charge >= 0.3 is 5.97 Å². The highest BCUT2D eigenvalue weighted by atomic mass is 19.1. The average molecular weight is 291 g/mol. The van der Waals surface area contributed by atoms with Crippen molar-refractivity contribution in [2.75, 3.05) is 13.7 Å². The number of benzene rings is 1. The number of halogens is 1. The third-order valence-corrected chi connectivity index (χ3v) is 3.33. The Morgan fingerprint density at radius 2 is 1.95 bits per heavy atom. The van der Waals surface area contributed by atoms with Crippen LogP contribution >= 0.6 is 0 Å². The van der Waals surface area contributed by atoms with Gasteiger partial charge in [-0.25, -0.2) is 4.39 Å². The van der Waals surface area contributed by atoms with Crippen LogP contribution in [0, 0.1) is 5.82 Å². The summed E-state index contributed by atoms with van der Waals surface area (Å²) in [5.74, 6) is -1.10. The molecule has 2 aromatic rings. The predicted molar refractivity (Wildman–Crippen MR) is 77.7 cm³/mol. The Morgan fingerprint density at radius 3 is 2.57 bits per heavy atom. The number of hydrogen-bond donors (Lipinski definition) is 1. The second-order valence-electron chi connectivity index (χ2n) is 4.75. The Kier molecular flexibility index (Phi) is 5.11. The van der Waals surface area contributed by atoms with E-state index in [-0.39, 0.29) is 12.2 Å². The van der Waals surface area contributed by atoms with Crippen LogP contribution in [0.15, 0.2) is 36.4 Å². The molecule has 0 bridgehead atoms. The monoisotopic (exact) mass is 291 g/mol. The fraction of sp³-hybridized carbons (Fsp3) is 0.312. The molecule has 1 aromatic heterocycles. The summed E-state index contributed by atoms with van der Waals surface area (Å²) in [4.78, 5) is 10.7. The van der Waals surface area contributed by atoms with Crippen molar-refractivity contribution in [1.82, 2.24) is 4.57 Å². The molecule has 1 heterocycles. The Hall–Kier alpha value is -2.14. The molecule has 0 radical (unpaired) electrons. The quantitative estimate of drug-likeness (QED) is 0.853. The number of carbonyl (C=O) groups is 1. The van der Waals surface area contributed by atoms with Crippen molar-refractivity contribution < 1.29 is 19.0 Å². The van der Waals surface area contributed by atoms with E-state index in [0.29, 0.717) is 19.6 Å². The highest BCUT2D eigenvalue weighted by Crippen LogP contribution is 2.24. The number of rotatable bonds is 7. The summed E-state index contributed by atoms with van der Waals surface area (Å²) in [6.45, 7) is 1.16. The van der Waals surface area contributed by atoms with Crippen molar-refractivity contribution in [3.05, 3.63) is 47.9 Å². The normalized spacial score (nSPS) is 10.8. The molecule has 0 saturated carbocycles. The van der Waals surface area contributed by atoms with Crippen LogP contribution in [0.25, 0.3) is 11.3 Å². The number of nitrogens with zero attached hydrogens (tertiary/aromatic N) is 1. The third kappa shape index (κ3) is 3.92. The minimum absolute atomic E-state index is 0.0832. The number of aryl methyl sites for hydroxylation is 1. The van der Waals surface area contributed by atoms with Crippen LogP contribution in [0.1, 0.15) is 12.1 Å². The van der Waals surface area contributed by atoms with E-state index in [1.165, 1.54) is 12.1 Å². The number of aliphatic carboxylic acids is 1. The number of ether oxygens (including phenoxy) is 1. The maximum atomic E-state index is 13.0. The van der Waals surface area contributed by atoms with E-state index in [2.05, 4.69) is 0 Å². The summed E-state index contributed by atoms with van der Waals surface area (Å²) in [5.41, 5.74) is 2.77. The largest absolute Gasteiger partial charge is 0.481 e. The first-order chi connectivity index (χ1) is 10.1. The molecular formula is C16H18FNO3. The summed E-state index contributed by atoms with van der Waals surface area (Å²) in [5, 5.41) is 8.82. The number of methoxy groups -OCH3 is 1. The second kappa shape index (κ2) is 7.04. The van der Waals surface area contributed by atoms with Crippen molar-refractivity contribution in [2.45, 2.75) is 19.4 Å². The Balaban J connectivity index is 2.31. The lowest BCUT2D eigenvalue weighted by Crippen LogP contribution is -2.10. The summed E-state index contributed by atoms with van der Waals surface area (Å²) in [6.07, 6.45) is 0.542. The van der Waals surface area contributed by atoms with E-state index in [0.717, 1.165) is 17.0 Å². The first-order valence-electron chi connectivity index (χ1n) is 6.77. The topological polar surface area (TPSA) is 51.5 Å². The Labute approximate surface area is 122 Å². The fourth-order valence-electron chi connectivity index (χ4n) is 2.28. The molecule has 0 aliphatic carbocycles. The zero-order valence-electron chi connectivity index (χ0n) is 11.9. The highest BCUT2D eigenvalue weighted by Gasteiger charge is 2.11. The van der Waals surface area contributed by atoms with Gasteiger partial charge in [-0.05, 0) is 48.4 Å². The highest BCUT2D eigenvalue weighted by molar-refractivity contribution is 5.67. The smallest absolute Gasteiger partial charge is 0.303 e. The molecule has 4 nitrogen and oxygen atoms in total. The Morgan fingerprint density at radius 1 is 1.24 bits per heavy atom. The zero-order valence-corrected chi connectivity index (χ0v) is 11.9. The van der Waals surface area contributed by atoms with Crippen LogP contribution in [-0.2, 0) is 22.5 Å². The van der Waals surface area contributed by atoms with Gasteiger partial charge in [-0.15, -0.1) is 0 Å². The van der Waals surface area contributed by atoms with Gasteiger partial charge in [0.1, 0.15) is 5.82 Å². The van der Waals surface area contributed by atoms with Gasteiger partial charge in [-0.3, -0.25) is 4.79 Å². The minimum atomic E-state index is -0.821. The molecule has 112 valence electrons. The molecule has 1 aromatic carbocycles. The van der Waals surface area contributed by atoms with Gasteiger partial charge in [0.15, 0.2) is 0 Å².